The molecule has 0 unspecified atom stereocenters. The Morgan fingerprint density at radius 2 is 1.86 bits per heavy atom. The molecular formula is C11H18O3. The highest BCUT2D eigenvalue weighted by molar-refractivity contribution is 5.65. The number of hydrogen-bond donors (Lipinski definition) is 0. The molecule has 80 valence electrons. The molecule has 0 aromatic carbocycles. The molecule has 0 aliphatic carbocycles. The van der Waals surface area contributed by atoms with Gasteiger partial charge in [0.25, 0.3) is 0 Å². The van der Waals surface area contributed by atoms with Crippen molar-refractivity contribution < 1.29 is 14.3 Å². The summed E-state index contributed by atoms with van der Waals surface area (Å²) in [6, 6.07) is 0. The zero-order chi connectivity index (χ0) is 10.6. The number of aldehydes is 1. The van der Waals surface area contributed by atoms with E-state index >= 15 is 0 Å². The van der Waals surface area contributed by atoms with Crippen LogP contribution in [-0.2, 0) is 14.3 Å². The average Bonchev–Trinajstić information content (AvgIpc) is 2.22. The predicted molar refractivity (Wildman–Crippen MR) is 56.0 cm³/mol. The van der Waals surface area contributed by atoms with E-state index in [9.17, 15) is 4.79 Å². The van der Waals surface area contributed by atoms with Crippen LogP contribution in [0.25, 0.3) is 0 Å². The quantitative estimate of drug-likeness (QED) is 0.197. The second kappa shape index (κ2) is 10.2. The molecule has 0 amide bonds. The number of methoxy groups -OCH3 is 2. The summed E-state index contributed by atoms with van der Waals surface area (Å²) >= 11 is 0. The molecule has 0 bridgehead atoms. The van der Waals surface area contributed by atoms with Gasteiger partial charge in [0.2, 0.25) is 0 Å². The summed E-state index contributed by atoms with van der Waals surface area (Å²) in [5.41, 5.74) is 0. The molecule has 0 rings (SSSR count). The first-order valence-corrected chi connectivity index (χ1v) is 4.67. The van der Waals surface area contributed by atoms with Crippen LogP contribution in [0.2, 0.25) is 0 Å². The van der Waals surface area contributed by atoms with Gasteiger partial charge in [-0.25, -0.2) is 0 Å². The lowest BCUT2D eigenvalue weighted by molar-refractivity contribution is -0.106. The Bertz CT molecular complexity index is 181. The van der Waals surface area contributed by atoms with Crippen LogP contribution in [0.5, 0.6) is 0 Å². The molecule has 3 nitrogen and oxygen atoms in total. The van der Waals surface area contributed by atoms with E-state index in [2.05, 4.69) is 0 Å². The monoisotopic (exact) mass is 198 g/mol. The lowest BCUT2D eigenvalue weighted by Crippen LogP contribution is -2.12. The third-order valence-electron chi connectivity index (χ3n) is 1.77. The zero-order valence-electron chi connectivity index (χ0n) is 8.81. The maximum absolute atomic E-state index is 9.91. The van der Waals surface area contributed by atoms with Gasteiger partial charge in [-0.15, -0.1) is 0 Å². The number of carbonyl (C=O) groups excluding carboxylic acids is 1. The molecule has 0 aromatic heterocycles. The summed E-state index contributed by atoms with van der Waals surface area (Å²) in [4.78, 5) is 9.91. The summed E-state index contributed by atoms with van der Waals surface area (Å²) < 4.78 is 10.1. The third kappa shape index (κ3) is 7.71. The van der Waals surface area contributed by atoms with Crippen LogP contribution in [-0.4, -0.2) is 26.8 Å². The SMILES string of the molecule is COC(CCC/C=C/C=C/C=O)OC. The maximum atomic E-state index is 9.91. The van der Waals surface area contributed by atoms with Crippen molar-refractivity contribution in [3.63, 3.8) is 0 Å². The molecular weight excluding hydrogens is 180 g/mol. The minimum Gasteiger partial charge on any atom is -0.356 e. The highest BCUT2D eigenvalue weighted by Gasteiger charge is 2.02. The first-order chi connectivity index (χ1) is 6.85. The Morgan fingerprint density at radius 3 is 2.43 bits per heavy atom. The number of rotatable bonds is 8. The van der Waals surface area contributed by atoms with Gasteiger partial charge in [0.1, 0.15) is 6.29 Å². The number of allylic oxidation sites excluding steroid dienone is 4. The van der Waals surface area contributed by atoms with Crippen molar-refractivity contribution in [2.75, 3.05) is 14.2 Å². The van der Waals surface area contributed by atoms with Gasteiger partial charge >= 0.3 is 0 Å². The second-order valence-electron chi connectivity index (χ2n) is 2.78. The Balaban J connectivity index is 3.40. The van der Waals surface area contributed by atoms with Gasteiger partial charge in [-0.3, -0.25) is 4.79 Å². The van der Waals surface area contributed by atoms with Crippen LogP contribution in [0.1, 0.15) is 19.3 Å². The van der Waals surface area contributed by atoms with Crippen molar-refractivity contribution in [1.82, 2.24) is 0 Å². The highest BCUT2D eigenvalue weighted by Crippen LogP contribution is 2.04. The fourth-order valence-electron chi connectivity index (χ4n) is 1.02. The molecule has 0 aromatic rings. The third-order valence-corrected chi connectivity index (χ3v) is 1.77. The molecule has 0 atom stereocenters. The fourth-order valence-corrected chi connectivity index (χ4v) is 1.02. The molecule has 0 radical (unpaired) electrons. The number of hydrogen-bond acceptors (Lipinski definition) is 3. The molecule has 0 fully saturated rings. The number of unbranched alkanes of at least 4 members (excludes halogenated alkanes) is 1. The topological polar surface area (TPSA) is 35.5 Å². The van der Waals surface area contributed by atoms with Crippen molar-refractivity contribution in [2.45, 2.75) is 25.6 Å². The van der Waals surface area contributed by atoms with E-state index in [1.54, 1.807) is 20.3 Å². The summed E-state index contributed by atoms with van der Waals surface area (Å²) in [6.07, 6.45) is 10.6. The van der Waals surface area contributed by atoms with Crippen molar-refractivity contribution in [2.24, 2.45) is 0 Å². The molecule has 14 heavy (non-hydrogen) atoms. The van der Waals surface area contributed by atoms with Gasteiger partial charge < -0.3 is 9.47 Å². The van der Waals surface area contributed by atoms with Gasteiger partial charge in [0, 0.05) is 14.2 Å². The van der Waals surface area contributed by atoms with Crippen LogP contribution in [0.4, 0.5) is 0 Å². The summed E-state index contributed by atoms with van der Waals surface area (Å²) in [7, 11) is 3.27. The molecule has 0 aliphatic heterocycles. The van der Waals surface area contributed by atoms with E-state index in [1.807, 2.05) is 12.2 Å². The summed E-state index contributed by atoms with van der Waals surface area (Å²) in [5.74, 6) is 0. The molecule has 0 saturated carbocycles. The van der Waals surface area contributed by atoms with E-state index in [4.69, 9.17) is 9.47 Å². The van der Waals surface area contributed by atoms with E-state index in [-0.39, 0.29) is 6.29 Å². The van der Waals surface area contributed by atoms with E-state index in [1.165, 1.54) is 6.08 Å². The Kier molecular flexibility index (Phi) is 9.48. The Labute approximate surface area is 85.4 Å². The van der Waals surface area contributed by atoms with Crippen LogP contribution in [0.15, 0.2) is 24.3 Å². The van der Waals surface area contributed by atoms with Crippen LogP contribution in [0.3, 0.4) is 0 Å². The molecule has 0 saturated heterocycles. The average molecular weight is 198 g/mol. The molecule has 0 heterocycles. The van der Waals surface area contributed by atoms with Crippen molar-refractivity contribution >= 4 is 6.29 Å². The standard InChI is InChI=1S/C11H18O3/c1-13-11(14-2)9-7-5-3-4-6-8-10-12/h3-4,6,8,10-11H,5,7,9H2,1-2H3/b4-3+,8-6+. The molecule has 0 N–H and O–H groups in total. The smallest absolute Gasteiger partial charge is 0.156 e. The van der Waals surface area contributed by atoms with Gasteiger partial charge in [-0.05, 0) is 25.3 Å². The van der Waals surface area contributed by atoms with E-state index < -0.39 is 0 Å². The first-order valence-electron chi connectivity index (χ1n) is 4.67. The summed E-state index contributed by atoms with van der Waals surface area (Å²) in [5, 5.41) is 0. The Morgan fingerprint density at radius 1 is 1.14 bits per heavy atom. The number of ether oxygens (including phenoxy) is 2. The normalized spacial score (nSPS) is 11.9. The first kappa shape index (κ1) is 13.1. The van der Waals surface area contributed by atoms with Gasteiger partial charge in [0.05, 0.1) is 0 Å². The predicted octanol–water partition coefficient (Wildman–Crippen LogP) is 2.09. The van der Waals surface area contributed by atoms with E-state index in [0.717, 1.165) is 25.5 Å². The minimum atomic E-state index is -0.103. The van der Waals surface area contributed by atoms with Gasteiger partial charge in [0.15, 0.2) is 6.29 Å². The van der Waals surface area contributed by atoms with Crippen molar-refractivity contribution in [3.8, 4) is 0 Å². The fraction of sp³-hybridized carbons (Fsp3) is 0.545. The summed E-state index contributed by atoms with van der Waals surface area (Å²) in [6.45, 7) is 0. The minimum absolute atomic E-state index is 0.103. The number of carbonyl (C=O) groups is 1. The lowest BCUT2D eigenvalue weighted by Gasteiger charge is -2.11. The maximum Gasteiger partial charge on any atom is 0.156 e. The van der Waals surface area contributed by atoms with E-state index in [0.29, 0.717) is 0 Å². The molecule has 0 spiro atoms. The molecule has 3 heteroatoms. The molecule has 0 aliphatic rings. The van der Waals surface area contributed by atoms with Crippen molar-refractivity contribution in [1.29, 1.82) is 0 Å². The van der Waals surface area contributed by atoms with Crippen LogP contribution < -0.4 is 0 Å². The van der Waals surface area contributed by atoms with Crippen LogP contribution in [0, 0.1) is 0 Å². The zero-order valence-corrected chi connectivity index (χ0v) is 8.81. The van der Waals surface area contributed by atoms with Gasteiger partial charge in [-0.1, -0.05) is 18.2 Å². The lowest BCUT2D eigenvalue weighted by atomic mass is 10.2. The van der Waals surface area contributed by atoms with Crippen LogP contribution >= 0.6 is 0 Å². The van der Waals surface area contributed by atoms with Gasteiger partial charge in [-0.2, -0.15) is 0 Å². The highest BCUT2D eigenvalue weighted by atomic mass is 16.7. The Hall–Kier alpha value is -0.930. The van der Waals surface area contributed by atoms with Crippen molar-refractivity contribution in [3.05, 3.63) is 24.3 Å². The second-order valence-corrected chi connectivity index (χ2v) is 2.78. The largest absolute Gasteiger partial charge is 0.356 e.